The summed E-state index contributed by atoms with van der Waals surface area (Å²) in [5.74, 6) is 1.10. The van der Waals surface area contributed by atoms with Crippen LogP contribution in [0, 0.1) is 0 Å². The number of hydrogen-bond donors (Lipinski definition) is 3. The molecule has 148 valence electrons. The molecule has 0 bridgehead atoms. The quantitative estimate of drug-likeness (QED) is 0.528. The third-order valence-electron chi connectivity index (χ3n) is 5.37. The fraction of sp³-hybridized carbons (Fsp3) is 0.619. The number of amides is 1. The number of carbonyl (C=O) groups excluding carboxylic acids is 1. The van der Waals surface area contributed by atoms with E-state index >= 15 is 0 Å². The molecule has 1 heterocycles. The highest BCUT2D eigenvalue weighted by molar-refractivity contribution is 5.80. The van der Waals surface area contributed by atoms with Crippen molar-refractivity contribution in [3.05, 3.63) is 35.4 Å². The number of aliphatic hydroxyl groups is 1. The summed E-state index contributed by atoms with van der Waals surface area (Å²) < 4.78 is 0. The molecule has 0 spiro atoms. The molecule has 6 heteroatoms. The molecule has 6 nitrogen and oxygen atoms in total. The summed E-state index contributed by atoms with van der Waals surface area (Å²) in [7, 11) is 0. The van der Waals surface area contributed by atoms with Crippen LogP contribution in [0.25, 0.3) is 0 Å². The van der Waals surface area contributed by atoms with Crippen molar-refractivity contribution in [2.45, 2.75) is 70.7 Å². The summed E-state index contributed by atoms with van der Waals surface area (Å²) in [5, 5.41) is 16.5. The molecule has 2 aliphatic rings. The van der Waals surface area contributed by atoms with Crippen molar-refractivity contribution in [2.75, 3.05) is 13.1 Å². The highest BCUT2D eigenvalue weighted by Gasteiger charge is 2.20. The molecule has 0 unspecified atom stereocenters. The number of rotatable bonds is 6. The molecule has 0 aromatic heterocycles. The first-order chi connectivity index (χ1) is 13.1. The molecule has 3 N–H and O–H groups in total. The Morgan fingerprint density at radius 3 is 2.52 bits per heavy atom. The van der Waals surface area contributed by atoms with Gasteiger partial charge in [0, 0.05) is 32.1 Å². The molecule has 1 aromatic rings. The van der Waals surface area contributed by atoms with E-state index in [1.54, 1.807) is 0 Å². The van der Waals surface area contributed by atoms with Gasteiger partial charge in [-0.2, -0.15) is 0 Å². The van der Waals surface area contributed by atoms with Crippen molar-refractivity contribution >= 4 is 11.9 Å². The highest BCUT2D eigenvalue weighted by atomic mass is 16.3. The lowest BCUT2D eigenvalue weighted by atomic mass is 9.93. The van der Waals surface area contributed by atoms with Crippen LogP contribution in [0.5, 0.6) is 0 Å². The van der Waals surface area contributed by atoms with Crippen LogP contribution >= 0.6 is 0 Å². The van der Waals surface area contributed by atoms with Crippen LogP contribution in [-0.4, -0.2) is 47.1 Å². The molecular formula is C21H32N4O2. The van der Waals surface area contributed by atoms with Gasteiger partial charge >= 0.3 is 0 Å². The molecular weight excluding hydrogens is 340 g/mol. The third-order valence-corrected chi connectivity index (χ3v) is 5.37. The van der Waals surface area contributed by atoms with E-state index in [9.17, 15) is 9.90 Å². The maximum atomic E-state index is 11.7. The van der Waals surface area contributed by atoms with E-state index in [1.807, 2.05) is 4.90 Å². The van der Waals surface area contributed by atoms with Gasteiger partial charge in [-0.1, -0.05) is 24.3 Å². The van der Waals surface area contributed by atoms with Crippen LogP contribution in [-0.2, 0) is 17.9 Å². The predicted octanol–water partition coefficient (Wildman–Crippen LogP) is 2.17. The molecule has 1 amide bonds. The second-order valence-electron chi connectivity index (χ2n) is 7.58. The molecule has 1 aliphatic carbocycles. The average molecular weight is 373 g/mol. The Morgan fingerprint density at radius 2 is 1.89 bits per heavy atom. The van der Waals surface area contributed by atoms with Crippen LogP contribution in [0.3, 0.4) is 0 Å². The van der Waals surface area contributed by atoms with Crippen LogP contribution in [0.4, 0.5) is 0 Å². The van der Waals surface area contributed by atoms with Gasteiger partial charge in [-0.15, -0.1) is 0 Å². The van der Waals surface area contributed by atoms with E-state index in [0.29, 0.717) is 25.6 Å². The Balaban J connectivity index is 1.53. The van der Waals surface area contributed by atoms with Crippen molar-refractivity contribution in [2.24, 2.45) is 4.99 Å². The summed E-state index contributed by atoms with van der Waals surface area (Å²) in [6.07, 6.45) is 5.21. The van der Waals surface area contributed by atoms with E-state index in [0.717, 1.165) is 56.7 Å². The number of hydrogen-bond acceptors (Lipinski definition) is 3. The number of carbonyl (C=O) groups is 1. The summed E-state index contributed by atoms with van der Waals surface area (Å²) in [4.78, 5) is 18.4. The molecule has 0 radical (unpaired) electrons. The second kappa shape index (κ2) is 9.74. The SMILES string of the molecule is CCNC(=NCc1ccc(CN2CCCC2=O)cc1)NC1CCC(O)CC1. The maximum Gasteiger partial charge on any atom is 0.222 e. The molecule has 27 heavy (non-hydrogen) atoms. The molecule has 1 aromatic carbocycles. The number of aliphatic imine (C=N–C) groups is 1. The smallest absolute Gasteiger partial charge is 0.222 e. The molecule has 2 fully saturated rings. The number of nitrogens with one attached hydrogen (secondary N) is 2. The number of guanidine groups is 1. The van der Waals surface area contributed by atoms with E-state index in [2.05, 4.69) is 41.8 Å². The first-order valence-corrected chi connectivity index (χ1v) is 10.2. The van der Waals surface area contributed by atoms with Gasteiger partial charge in [-0.25, -0.2) is 4.99 Å². The lowest BCUT2D eigenvalue weighted by Gasteiger charge is -2.27. The minimum atomic E-state index is -0.142. The van der Waals surface area contributed by atoms with Crippen LogP contribution in [0.15, 0.2) is 29.3 Å². The summed E-state index contributed by atoms with van der Waals surface area (Å²) in [6.45, 7) is 5.09. The lowest BCUT2D eigenvalue weighted by Crippen LogP contribution is -2.45. The van der Waals surface area contributed by atoms with E-state index < -0.39 is 0 Å². The van der Waals surface area contributed by atoms with Gasteiger partial charge in [0.1, 0.15) is 0 Å². The molecule has 3 rings (SSSR count). The van der Waals surface area contributed by atoms with E-state index in [-0.39, 0.29) is 12.0 Å². The maximum absolute atomic E-state index is 11.7. The largest absolute Gasteiger partial charge is 0.393 e. The number of benzene rings is 1. The number of aliphatic hydroxyl groups excluding tert-OH is 1. The zero-order chi connectivity index (χ0) is 19.1. The minimum absolute atomic E-state index is 0.142. The van der Waals surface area contributed by atoms with Crippen molar-refractivity contribution in [3.63, 3.8) is 0 Å². The number of nitrogens with zero attached hydrogens (tertiary/aromatic N) is 2. The Labute approximate surface area is 162 Å². The minimum Gasteiger partial charge on any atom is -0.393 e. The molecule has 1 saturated carbocycles. The van der Waals surface area contributed by atoms with Crippen molar-refractivity contribution < 1.29 is 9.90 Å². The average Bonchev–Trinajstić information content (AvgIpc) is 3.07. The fourth-order valence-electron chi connectivity index (χ4n) is 3.75. The lowest BCUT2D eigenvalue weighted by molar-refractivity contribution is -0.128. The standard InChI is InChI=1S/C21H32N4O2/c1-2-22-21(24-18-9-11-19(26)12-10-18)23-14-16-5-7-17(8-6-16)15-25-13-3-4-20(25)27/h5-8,18-19,26H,2-4,9-15H2,1H3,(H2,22,23,24). The number of likely N-dealkylation sites (tertiary alicyclic amines) is 1. The second-order valence-corrected chi connectivity index (χ2v) is 7.58. The fourth-order valence-corrected chi connectivity index (χ4v) is 3.75. The first-order valence-electron chi connectivity index (χ1n) is 10.2. The Morgan fingerprint density at radius 1 is 1.19 bits per heavy atom. The summed E-state index contributed by atoms with van der Waals surface area (Å²) >= 11 is 0. The Bertz CT molecular complexity index is 636. The van der Waals surface area contributed by atoms with Gasteiger partial charge in [0.25, 0.3) is 0 Å². The summed E-state index contributed by atoms with van der Waals surface area (Å²) in [5.41, 5.74) is 2.33. The zero-order valence-corrected chi connectivity index (χ0v) is 16.3. The zero-order valence-electron chi connectivity index (χ0n) is 16.3. The van der Waals surface area contributed by atoms with Crippen LogP contribution in [0.2, 0.25) is 0 Å². The predicted molar refractivity (Wildman–Crippen MR) is 107 cm³/mol. The van der Waals surface area contributed by atoms with Gasteiger partial charge in [0.15, 0.2) is 5.96 Å². The Kier molecular flexibility index (Phi) is 7.10. The van der Waals surface area contributed by atoms with E-state index in [1.165, 1.54) is 5.56 Å². The normalized spacial score (nSPS) is 23.6. The van der Waals surface area contributed by atoms with Gasteiger partial charge < -0.3 is 20.6 Å². The molecule has 0 atom stereocenters. The first kappa shape index (κ1) is 19.7. The van der Waals surface area contributed by atoms with Gasteiger partial charge in [0.05, 0.1) is 12.6 Å². The molecule has 1 aliphatic heterocycles. The van der Waals surface area contributed by atoms with Crippen molar-refractivity contribution in [1.82, 2.24) is 15.5 Å². The van der Waals surface area contributed by atoms with E-state index in [4.69, 9.17) is 4.99 Å². The third kappa shape index (κ3) is 5.96. The van der Waals surface area contributed by atoms with Crippen molar-refractivity contribution in [3.8, 4) is 0 Å². The Hall–Kier alpha value is -2.08. The van der Waals surface area contributed by atoms with Crippen molar-refractivity contribution in [1.29, 1.82) is 0 Å². The van der Waals surface area contributed by atoms with Crippen LogP contribution < -0.4 is 10.6 Å². The van der Waals surface area contributed by atoms with Gasteiger partial charge in [-0.3, -0.25) is 4.79 Å². The highest BCUT2D eigenvalue weighted by Crippen LogP contribution is 2.18. The molecule has 1 saturated heterocycles. The van der Waals surface area contributed by atoms with Crippen LogP contribution in [0.1, 0.15) is 56.6 Å². The topological polar surface area (TPSA) is 77.0 Å². The van der Waals surface area contributed by atoms with Gasteiger partial charge in [0.2, 0.25) is 5.91 Å². The van der Waals surface area contributed by atoms with Gasteiger partial charge in [-0.05, 0) is 50.2 Å². The monoisotopic (exact) mass is 372 g/mol. The summed E-state index contributed by atoms with van der Waals surface area (Å²) in [6, 6.07) is 8.77.